The van der Waals surface area contributed by atoms with Crippen LogP contribution in [0.15, 0.2) is 17.4 Å². The minimum absolute atomic E-state index is 0.108. The first kappa shape index (κ1) is 25.9. The summed E-state index contributed by atoms with van der Waals surface area (Å²) in [6.07, 6.45) is -4.25. The van der Waals surface area contributed by atoms with Gasteiger partial charge >= 0.3 is 19.6 Å². The first-order chi connectivity index (χ1) is 13.9. The van der Waals surface area contributed by atoms with Gasteiger partial charge in [0.05, 0.1) is 13.2 Å². The predicted molar refractivity (Wildman–Crippen MR) is 114 cm³/mol. The van der Waals surface area contributed by atoms with Crippen LogP contribution in [0.5, 0.6) is 5.75 Å². The summed E-state index contributed by atoms with van der Waals surface area (Å²) in [5, 5.41) is 9.80. The standard InChI is InChI=1S/C22H32F3O5P/c1-9-28-31(27,29-10-2)17-12-14-11-15(19(3,4)5)13-16(20(6,7)8)18(14)30-21(17,26)22(23,24)25/h11-13,26H,9-10H2,1-8H3. The van der Waals surface area contributed by atoms with Crippen LogP contribution in [-0.4, -0.2) is 30.3 Å². The molecule has 1 aliphatic heterocycles. The van der Waals surface area contributed by atoms with Crippen LogP contribution in [0.1, 0.15) is 72.1 Å². The van der Waals surface area contributed by atoms with E-state index in [1.165, 1.54) is 13.8 Å². The fourth-order valence-corrected chi connectivity index (χ4v) is 5.17. The van der Waals surface area contributed by atoms with Crippen molar-refractivity contribution in [2.45, 2.75) is 78.2 Å². The van der Waals surface area contributed by atoms with E-state index >= 15 is 0 Å². The van der Waals surface area contributed by atoms with Crippen molar-refractivity contribution < 1.29 is 36.6 Å². The first-order valence-corrected chi connectivity index (χ1v) is 11.7. The van der Waals surface area contributed by atoms with Gasteiger partial charge in [-0.1, -0.05) is 47.6 Å². The van der Waals surface area contributed by atoms with Gasteiger partial charge < -0.3 is 18.9 Å². The summed E-state index contributed by atoms with van der Waals surface area (Å²) in [5.41, 5.74) is 0.726. The lowest BCUT2D eigenvalue weighted by Gasteiger charge is -2.40. The molecule has 176 valence electrons. The molecule has 0 amide bonds. The summed E-state index contributed by atoms with van der Waals surface area (Å²) >= 11 is 0. The summed E-state index contributed by atoms with van der Waals surface area (Å²) in [5.74, 6) is -3.97. The number of benzene rings is 1. The summed E-state index contributed by atoms with van der Waals surface area (Å²) in [6.45, 7) is 14.1. The number of aliphatic hydroxyl groups is 1. The lowest BCUT2D eigenvalue weighted by Crippen LogP contribution is -2.53. The highest BCUT2D eigenvalue weighted by molar-refractivity contribution is 7.58. The molecular weight excluding hydrogens is 432 g/mol. The van der Waals surface area contributed by atoms with Crippen LogP contribution in [0.3, 0.4) is 0 Å². The van der Waals surface area contributed by atoms with Gasteiger partial charge in [0.25, 0.3) is 0 Å². The molecule has 9 heteroatoms. The number of hydrogen-bond acceptors (Lipinski definition) is 5. The molecule has 1 aliphatic rings. The van der Waals surface area contributed by atoms with E-state index in [0.29, 0.717) is 5.56 Å². The molecule has 0 spiro atoms. The van der Waals surface area contributed by atoms with Gasteiger partial charge in [0, 0.05) is 11.1 Å². The van der Waals surface area contributed by atoms with Crippen molar-refractivity contribution in [2.75, 3.05) is 13.2 Å². The second-order valence-corrected chi connectivity index (χ2v) is 11.5. The lowest BCUT2D eigenvalue weighted by molar-refractivity contribution is -0.314. The number of alkyl halides is 3. The van der Waals surface area contributed by atoms with E-state index in [9.17, 15) is 22.8 Å². The van der Waals surface area contributed by atoms with Gasteiger partial charge in [0.15, 0.2) is 0 Å². The molecule has 0 bridgehead atoms. The van der Waals surface area contributed by atoms with E-state index in [-0.39, 0.29) is 29.9 Å². The van der Waals surface area contributed by atoms with Crippen LogP contribution in [-0.2, 0) is 24.4 Å². The minimum atomic E-state index is -5.29. The lowest BCUT2D eigenvalue weighted by atomic mass is 9.78. The van der Waals surface area contributed by atoms with E-state index in [1.807, 2.05) is 41.5 Å². The molecule has 1 heterocycles. The van der Waals surface area contributed by atoms with Crippen LogP contribution in [0.2, 0.25) is 0 Å². The molecule has 1 aromatic rings. The van der Waals surface area contributed by atoms with Crippen molar-refractivity contribution >= 4 is 13.7 Å². The normalized spacial score (nSPS) is 20.2. The summed E-state index contributed by atoms with van der Waals surface area (Å²) in [7, 11) is -4.51. The predicted octanol–water partition coefficient (Wildman–Crippen LogP) is 6.53. The quantitative estimate of drug-likeness (QED) is 0.502. The molecule has 0 aromatic heterocycles. The van der Waals surface area contributed by atoms with Gasteiger partial charge in [0.1, 0.15) is 11.1 Å². The van der Waals surface area contributed by atoms with Crippen LogP contribution >= 0.6 is 7.60 Å². The number of ether oxygens (including phenoxy) is 1. The molecule has 2 rings (SSSR count). The highest BCUT2D eigenvalue weighted by Crippen LogP contribution is 2.65. The molecule has 0 saturated heterocycles. The van der Waals surface area contributed by atoms with Crippen molar-refractivity contribution in [3.05, 3.63) is 34.1 Å². The van der Waals surface area contributed by atoms with Gasteiger partial charge in [0.2, 0.25) is 0 Å². The molecule has 0 saturated carbocycles. The van der Waals surface area contributed by atoms with Crippen LogP contribution in [0.4, 0.5) is 13.2 Å². The molecule has 5 nitrogen and oxygen atoms in total. The molecular formula is C22H32F3O5P. The van der Waals surface area contributed by atoms with E-state index in [1.54, 1.807) is 12.1 Å². The molecule has 1 atom stereocenters. The minimum Gasteiger partial charge on any atom is -0.449 e. The van der Waals surface area contributed by atoms with E-state index in [0.717, 1.165) is 11.6 Å². The monoisotopic (exact) mass is 464 g/mol. The van der Waals surface area contributed by atoms with Gasteiger partial charge in [-0.05, 0) is 42.4 Å². The fraction of sp³-hybridized carbons (Fsp3) is 0.636. The average Bonchev–Trinajstić information content (AvgIpc) is 2.58. The van der Waals surface area contributed by atoms with Gasteiger partial charge in [-0.3, -0.25) is 4.57 Å². The largest absolute Gasteiger partial charge is 0.460 e. The van der Waals surface area contributed by atoms with Crippen molar-refractivity contribution in [1.82, 2.24) is 0 Å². The van der Waals surface area contributed by atoms with E-state index < -0.39 is 30.3 Å². The molecule has 1 unspecified atom stereocenters. The zero-order valence-corrected chi connectivity index (χ0v) is 20.2. The van der Waals surface area contributed by atoms with Crippen LogP contribution < -0.4 is 4.74 Å². The maximum atomic E-state index is 14.1. The van der Waals surface area contributed by atoms with Gasteiger partial charge in [-0.25, -0.2) is 0 Å². The Morgan fingerprint density at radius 2 is 1.52 bits per heavy atom. The number of rotatable bonds is 5. The number of halogens is 3. The molecule has 31 heavy (non-hydrogen) atoms. The maximum Gasteiger partial charge on any atom is 0.460 e. The third-order valence-electron chi connectivity index (χ3n) is 4.96. The fourth-order valence-electron chi connectivity index (χ4n) is 3.29. The zero-order valence-electron chi connectivity index (χ0n) is 19.3. The SMILES string of the molecule is CCOP(=O)(OCC)C1=Cc2cc(C(C)(C)C)cc(C(C)(C)C)c2OC1(O)C(F)(F)F. The molecule has 0 radical (unpaired) electrons. The third-order valence-corrected chi connectivity index (χ3v) is 7.18. The Balaban J connectivity index is 2.96. The van der Waals surface area contributed by atoms with Crippen LogP contribution in [0.25, 0.3) is 6.08 Å². The van der Waals surface area contributed by atoms with Gasteiger partial charge in [-0.2, -0.15) is 13.2 Å². The Bertz CT molecular complexity index is 899. The Hall–Kier alpha value is -1.34. The smallest absolute Gasteiger partial charge is 0.449 e. The van der Waals surface area contributed by atoms with E-state index in [4.69, 9.17) is 13.8 Å². The average molecular weight is 464 g/mol. The van der Waals surface area contributed by atoms with Crippen molar-refractivity contribution in [3.63, 3.8) is 0 Å². The second-order valence-electron chi connectivity index (χ2n) is 9.55. The molecule has 0 fully saturated rings. The number of fused-ring (bicyclic) bond motifs is 1. The highest BCUT2D eigenvalue weighted by atomic mass is 31.2. The third kappa shape index (κ3) is 4.87. The molecule has 0 aliphatic carbocycles. The maximum absolute atomic E-state index is 14.1. The summed E-state index contributed by atoms with van der Waals surface area (Å²) < 4.78 is 71.3. The first-order valence-electron chi connectivity index (χ1n) is 10.2. The Kier molecular flexibility index (Phi) is 6.87. The summed E-state index contributed by atoms with van der Waals surface area (Å²) in [4.78, 5) is 0. The van der Waals surface area contributed by atoms with Crippen LogP contribution in [0, 0.1) is 0 Å². The van der Waals surface area contributed by atoms with Crippen molar-refractivity contribution in [1.29, 1.82) is 0 Å². The summed E-state index contributed by atoms with van der Waals surface area (Å²) in [6, 6.07) is 3.47. The molecule has 1 N–H and O–H groups in total. The van der Waals surface area contributed by atoms with Crippen molar-refractivity contribution in [2.24, 2.45) is 0 Å². The Morgan fingerprint density at radius 1 is 1.00 bits per heavy atom. The van der Waals surface area contributed by atoms with Gasteiger partial charge in [-0.15, -0.1) is 0 Å². The second kappa shape index (κ2) is 8.22. The Morgan fingerprint density at radius 3 is 1.90 bits per heavy atom. The van der Waals surface area contributed by atoms with Crippen molar-refractivity contribution in [3.8, 4) is 5.75 Å². The zero-order chi connectivity index (χ0) is 24.0. The van der Waals surface area contributed by atoms with E-state index in [2.05, 4.69) is 0 Å². The number of hydrogen-bond donors (Lipinski definition) is 1. The Labute approximate surface area is 182 Å². The highest BCUT2D eigenvalue weighted by Gasteiger charge is 2.66. The molecule has 1 aromatic carbocycles. The topological polar surface area (TPSA) is 65.0 Å².